The molecule has 1 aliphatic rings. The van der Waals surface area contributed by atoms with Gasteiger partial charge < -0.3 is 9.80 Å². The number of carbonyl (C=O) groups is 2. The summed E-state index contributed by atoms with van der Waals surface area (Å²) in [6.45, 7) is 7.49. The summed E-state index contributed by atoms with van der Waals surface area (Å²) in [7, 11) is 0. The summed E-state index contributed by atoms with van der Waals surface area (Å²) in [5, 5.41) is 5.47. The highest BCUT2D eigenvalue weighted by atomic mass is 16.2. The topological polar surface area (TPSA) is 75.5 Å². The zero-order chi connectivity index (χ0) is 18.8. The van der Waals surface area contributed by atoms with Gasteiger partial charge in [-0.25, -0.2) is 4.68 Å². The number of fused-ring (bicyclic) bond motifs is 1. The van der Waals surface area contributed by atoms with Crippen molar-refractivity contribution < 1.29 is 9.59 Å². The first-order valence-electron chi connectivity index (χ1n) is 8.96. The molecule has 0 saturated carbocycles. The fraction of sp³-hybridized carbons (Fsp3) is 0.474. The molecule has 3 rings (SSSR count). The SMILES string of the molecule is CC(=O)N1CCCN(C(=O)c2nn(C(C)C)c(=O)c3ccccc23)CC1. The number of amides is 2. The van der Waals surface area contributed by atoms with E-state index in [1.165, 1.54) is 4.68 Å². The highest BCUT2D eigenvalue weighted by Crippen LogP contribution is 2.17. The van der Waals surface area contributed by atoms with E-state index in [2.05, 4.69) is 5.10 Å². The van der Waals surface area contributed by atoms with Crippen LogP contribution in [0.1, 0.15) is 43.7 Å². The molecule has 138 valence electrons. The first-order chi connectivity index (χ1) is 12.4. The van der Waals surface area contributed by atoms with Crippen LogP contribution in [0.3, 0.4) is 0 Å². The highest BCUT2D eigenvalue weighted by Gasteiger charge is 2.25. The molecule has 0 N–H and O–H groups in total. The lowest BCUT2D eigenvalue weighted by Gasteiger charge is -2.22. The zero-order valence-electron chi connectivity index (χ0n) is 15.4. The molecule has 2 amide bonds. The number of benzene rings is 1. The van der Waals surface area contributed by atoms with E-state index < -0.39 is 0 Å². The Bertz CT molecular complexity index is 903. The van der Waals surface area contributed by atoms with Crippen molar-refractivity contribution >= 4 is 22.6 Å². The van der Waals surface area contributed by atoms with Crippen LogP contribution in [0.25, 0.3) is 10.8 Å². The molecule has 0 unspecified atom stereocenters. The van der Waals surface area contributed by atoms with Crippen LogP contribution in [0.15, 0.2) is 29.1 Å². The van der Waals surface area contributed by atoms with E-state index in [4.69, 9.17) is 0 Å². The maximum atomic E-state index is 13.2. The summed E-state index contributed by atoms with van der Waals surface area (Å²) < 4.78 is 1.37. The molecule has 2 aromatic rings. The number of carbonyl (C=O) groups excluding carboxylic acids is 2. The van der Waals surface area contributed by atoms with Crippen molar-refractivity contribution in [2.24, 2.45) is 0 Å². The molecule has 1 aromatic heterocycles. The Labute approximate surface area is 152 Å². The van der Waals surface area contributed by atoms with Crippen LogP contribution in [0.5, 0.6) is 0 Å². The quantitative estimate of drug-likeness (QED) is 0.820. The number of rotatable bonds is 2. The van der Waals surface area contributed by atoms with Crippen molar-refractivity contribution in [1.29, 1.82) is 0 Å². The molecule has 0 spiro atoms. The summed E-state index contributed by atoms with van der Waals surface area (Å²) in [6.07, 6.45) is 0.729. The molecule has 1 aliphatic heterocycles. The predicted molar refractivity (Wildman–Crippen MR) is 99.2 cm³/mol. The van der Waals surface area contributed by atoms with Crippen molar-refractivity contribution in [2.45, 2.75) is 33.2 Å². The van der Waals surface area contributed by atoms with Gasteiger partial charge in [-0.05, 0) is 26.3 Å². The summed E-state index contributed by atoms with van der Waals surface area (Å²) in [4.78, 5) is 40.9. The lowest BCUT2D eigenvalue weighted by molar-refractivity contribution is -0.128. The van der Waals surface area contributed by atoms with Crippen LogP contribution in [-0.2, 0) is 4.79 Å². The van der Waals surface area contributed by atoms with Gasteiger partial charge in [0.05, 0.1) is 11.4 Å². The summed E-state index contributed by atoms with van der Waals surface area (Å²) in [5.74, 6) is -0.169. The molecule has 7 heteroatoms. The van der Waals surface area contributed by atoms with Crippen molar-refractivity contribution in [1.82, 2.24) is 19.6 Å². The molecule has 7 nitrogen and oxygen atoms in total. The lowest BCUT2D eigenvalue weighted by Crippen LogP contribution is -2.38. The molecule has 0 aliphatic carbocycles. The van der Waals surface area contributed by atoms with Gasteiger partial charge in [-0.2, -0.15) is 5.10 Å². The van der Waals surface area contributed by atoms with Crippen molar-refractivity contribution in [3.8, 4) is 0 Å². The Morgan fingerprint density at radius 3 is 2.27 bits per heavy atom. The average molecular weight is 356 g/mol. The number of nitrogens with zero attached hydrogens (tertiary/aromatic N) is 4. The Morgan fingerprint density at radius 1 is 1.00 bits per heavy atom. The standard InChI is InChI=1S/C19H24N4O3/c1-13(2)23-18(25)16-8-5-4-7-15(16)17(20-23)19(26)22-10-6-9-21(11-12-22)14(3)24/h4-5,7-8,13H,6,9-12H2,1-3H3. The minimum atomic E-state index is -0.194. The second kappa shape index (κ2) is 7.27. The van der Waals surface area contributed by atoms with E-state index in [0.717, 1.165) is 6.42 Å². The van der Waals surface area contributed by atoms with Gasteiger partial charge in [0.25, 0.3) is 11.5 Å². The van der Waals surface area contributed by atoms with Gasteiger partial charge in [-0.15, -0.1) is 0 Å². The second-order valence-corrected chi connectivity index (χ2v) is 6.89. The smallest absolute Gasteiger partial charge is 0.275 e. The fourth-order valence-corrected chi connectivity index (χ4v) is 3.30. The molecule has 26 heavy (non-hydrogen) atoms. The average Bonchev–Trinajstić information content (AvgIpc) is 2.88. The van der Waals surface area contributed by atoms with Crippen LogP contribution >= 0.6 is 0 Å². The van der Waals surface area contributed by atoms with Crippen LogP contribution in [0.4, 0.5) is 0 Å². The van der Waals surface area contributed by atoms with E-state index in [0.29, 0.717) is 42.6 Å². The molecular formula is C19H24N4O3. The summed E-state index contributed by atoms with van der Waals surface area (Å²) >= 11 is 0. The minimum absolute atomic E-state index is 0.0243. The lowest BCUT2D eigenvalue weighted by atomic mass is 10.1. The van der Waals surface area contributed by atoms with E-state index in [9.17, 15) is 14.4 Å². The predicted octanol–water partition coefficient (Wildman–Crippen LogP) is 1.67. The second-order valence-electron chi connectivity index (χ2n) is 6.89. The largest absolute Gasteiger partial charge is 0.341 e. The van der Waals surface area contributed by atoms with E-state index >= 15 is 0 Å². The number of aromatic nitrogens is 2. The van der Waals surface area contributed by atoms with E-state index in [1.54, 1.807) is 41.0 Å². The van der Waals surface area contributed by atoms with Gasteiger partial charge in [-0.3, -0.25) is 14.4 Å². The summed E-state index contributed by atoms with van der Waals surface area (Å²) in [6, 6.07) is 6.95. The van der Waals surface area contributed by atoms with Gasteiger partial charge in [-0.1, -0.05) is 18.2 Å². The third-order valence-corrected chi connectivity index (χ3v) is 4.75. The van der Waals surface area contributed by atoms with Crippen LogP contribution in [0.2, 0.25) is 0 Å². The first-order valence-corrected chi connectivity index (χ1v) is 8.96. The van der Waals surface area contributed by atoms with Crippen LogP contribution in [-0.4, -0.2) is 57.6 Å². The normalized spacial score (nSPS) is 15.4. The van der Waals surface area contributed by atoms with Crippen molar-refractivity contribution in [2.75, 3.05) is 26.2 Å². The van der Waals surface area contributed by atoms with Gasteiger partial charge >= 0.3 is 0 Å². The third kappa shape index (κ3) is 3.34. The molecule has 2 heterocycles. The summed E-state index contributed by atoms with van der Waals surface area (Å²) in [5.41, 5.74) is 0.107. The maximum absolute atomic E-state index is 13.2. The van der Waals surface area contributed by atoms with Crippen LogP contribution < -0.4 is 5.56 Å². The molecule has 1 fully saturated rings. The first kappa shape index (κ1) is 18.1. The van der Waals surface area contributed by atoms with Gasteiger partial charge in [0.1, 0.15) is 0 Å². The minimum Gasteiger partial charge on any atom is -0.341 e. The molecular weight excluding hydrogens is 332 g/mol. The molecule has 1 aromatic carbocycles. The Hall–Kier alpha value is -2.70. The van der Waals surface area contributed by atoms with E-state index in [1.807, 2.05) is 13.8 Å². The zero-order valence-corrected chi connectivity index (χ0v) is 15.4. The molecule has 0 radical (unpaired) electrons. The third-order valence-electron chi connectivity index (χ3n) is 4.75. The van der Waals surface area contributed by atoms with Gasteiger partial charge in [0, 0.05) is 38.5 Å². The Morgan fingerprint density at radius 2 is 1.62 bits per heavy atom. The van der Waals surface area contributed by atoms with Gasteiger partial charge in [0.2, 0.25) is 5.91 Å². The maximum Gasteiger partial charge on any atom is 0.275 e. The molecule has 0 atom stereocenters. The Balaban J connectivity index is 2.02. The highest BCUT2D eigenvalue weighted by molar-refractivity contribution is 6.04. The van der Waals surface area contributed by atoms with E-state index in [-0.39, 0.29) is 23.4 Å². The Kier molecular flexibility index (Phi) is 5.06. The van der Waals surface area contributed by atoms with Crippen LogP contribution in [0, 0.1) is 0 Å². The fourth-order valence-electron chi connectivity index (χ4n) is 3.30. The van der Waals surface area contributed by atoms with Gasteiger partial charge in [0.15, 0.2) is 5.69 Å². The number of hydrogen-bond acceptors (Lipinski definition) is 4. The monoisotopic (exact) mass is 356 g/mol. The molecule has 0 bridgehead atoms. The molecule has 1 saturated heterocycles. The van der Waals surface area contributed by atoms with Crippen molar-refractivity contribution in [3.05, 3.63) is 40.3 Å². The number of hydrogen-bond donors (Lipinski definition) is 0. The van der Waals surface area contributed by atoms with Crippen molar-refractivity contribution in [3.63, 3.8) is 0 Å².